The molecule has 1 amide bonds. The van der Waals surface area contributed by atoms with Crippen molar-refractivity contribution in [1.29, 1.82) is 0 Å². The predicted molar refractivity (Wildman–Crippen MR) is 99.5 cm³/mol. The van der Waals surface area contributed by atoms with Crippen molar-refractivity contribution in [3.8, 4) is 5.75 Å². The Morgan fingerprint density at radius 1 is 1.12 bits per heavy atom. The number of carbonyl (C=O) groups excluding carboxylic acids is 1. The lowest BCUT2D eigenvalue weighted by molar-refractivity contribution is -0.128. The molecule has 1 aliphatic rings. The lowest BCUT2D eigenvalue weighted by Crippen LogP contribution is -2.30. The van der Waals surface area contributed by atoms with Crippen LogP contribution in [0.3, 0.4) is 0 Å². The van der Waals surface area contributed by atoms with E-state index in [1.807, 2.05) is 17.0 Å². The first kappa shape index (κ1) is 16.9. The van der Waals surface area contributed by atoms with E-state index in [0.717, 1.165) is 18.7 Å². The third kappa shape index (κ3) is 3.59. The van der Waals surface area contributed by atoms with E-state index >= 15 is 0 Å². The van der Waals surface area contributed by atoms with Gasteiger partial charge in [0.2, 0.25) is 5.91 Å². The Kier molecular flexibility index (Phi) is 5.14. The number of hydrogen-bond acceptors (Lipinski definition) is 3. The zero-order chi connectivity index (χ0) is 17.1. The highest BCUT2D eigenvalue weighted by atomic mass is 32.2. The number of ether oxygens (including phenoxy) is 1. The molecule has 0 N–H and O–H groups in total. The van der Waals surface area contributed by atoms with E-state index in [9.17, 15) is 4.79 Å². The molecule has 1 unspecified atom stereocenters. The summed E-state index contributed by atoms with van der Waals surface area (Å²) in [6.45, 7) is 4.99. The quantitative estimate of drug-likeness (QED) is 0.819. The van der Waals surface area contributed by atoms with Gasteiger partial charge in [0.1, 0.15) is 11.1 Å². The lowest BCUT2D eigenvalue weighted by atomic mass is 10.1. The normalized spacial score (nSPS) is 17.4. The average Bonchev–Trinajstić information content (AvgIpc) is 2.96. The second kappa shape index (κ2) is 7.31. The van der Waals surface area contributed by atoms with Crippen LogP contribution in [-0.2, 0) is 11.2 Å². The predicted octanol–water partition coefficient (Wildman–Crippen LogP) is 4.13. The van der Waals surface area contributed by atoms with E-state index < -0.39 is 0 Å². The number of hydrogen-bond donors (Lipinski definition) is 0. The Morgan fingerprint density at radius 2 is 1.88 bits per heavy atom. The molecule has 0 aromatic heterocycles. The molecule has 0 spiro atoms. The van der Waals surface area contributed by atoms with E-state index in [1.165, 1.54) is 22.3 Å². The molecule has 0 bridgehead atoms. The molecule has 4 heteroatoms. The summed E-state index contributed by atoms with van der Waals surface area (Å²) in [7, 11) is 1.67. The summed E-state index contributed by atoms with van der Waals surface area (Å²) in [6, 6.07) is 14.6. The van der Waals surface area contributed by atoms with Gasteiger partial charge in [-0.2, -0.15) is 0 Å². The molecule has 0 saturated carbocycles. The summed E-state index contributed by atoms with van der Waals surface area (Å²) in [6.07, 6.45) is 0.859. The van der Waals surface area contributed by atoms with Crippen LogP contribution in [0.5, 0.6) is 5.75 Å². The fourth-order valence-electron chi connectivity index (χ4n) is 2.93. The van der Waals surface area contributed by atoms with Crippen LogP contribution in [-0.4, -0.2) is 30.2 Å². The number of thioether (sulfide) groups is 1. The molecule has 3 rings (SSSR count). The van der Waals surface area contributed by atoms with Crippen molar-refractivity contribution in [3.05, 3.63) is 64.7 Å². The summed E-state index contributed by atoms with van der Waals surface area (Å²) in [4.78, 5) is 14.3. The van der Waals surface area contributed by atoms with Crippen LogP contribution in [0, 0.1) is 13.8 Å². The van der Waals surface area contributed by atoms with Gasteiger partial charge in [0, 0.05) is 6.54 Å². The molecule has 0 radical (unpaired) electrons. The molecule has 1 heterocycles. The van der Waals surface area contributed by atoms with Gasteiger partial charge in [-0.3, -0.25) is 4.79 Å². The number of rotatable bonds is 5. The third-order valence-electron chi connectivity index (χ3n) is 4.58. The number of nitrogens with zero attached hydrogens (tertiary/aromatic N) is 1. The highest BCUT2D eigenvalue weighted by Crippen LogP contribution is 2.39. The fraction of sp³-hybridized carbons (Fsp3) is 0.350. The van der Waals surface area contributed by atoms with Gasteiger partial charge in [0.25, 0.3) is 0 Å². The molecule has 0 aliphatic carbocycles. The summed E-state index contributed by atoms with van der Waals surface area (Å²) in [5.41, 5.74) is 5.02. The van der Waals surface area contributed by atoms with Crippen LogP contribution in [0.2, 0.25) is 0 Å². The first-order valence-corrected chi connectivity index (χ1v) is 9.24. The van der Waals surface area contributed by atoms with Gasteiger partial charge in [-0.25, -0.2) is 0 Å². The maximum Gasteiger partial charge on any atom is 0.233 e. The van der Waals surface area contributed by atoms with Crippen molar-refractivity contribution in [2.24, 2.45) is 0 Å². The maximum atomic E-state index is 12.3. The summed E-state index contributed by atoms with van der Waals surface area (Å²) in [5, 5.41) is 0.134. The Balaban J connectivity index is 1.71. The van der Waals surface area contributed by atoms with E-state index in [-0.39, 0.29) is 11.3 Å². The molecule has 1 atom stereocenters. The average molecular weight is 341 g/mol. The van der Waals surface area contributed by atoms with Gasteiger partial charge < -0.3 is 9.64 Å². The number of carbonyl (C=O) groups is 1. The zero-order valence-corrected chi connectivity index (χ0v) is 15.2. The Morgan fingerprint density at radius 3 is 2.54 bits per heavy atom. The van der Waals surface area contributed by atoms with E-state index in [1.54, 1.807) is 18.9 Å². The Labute approximate surface area is 148 Å². The number of amides is 1. The summed E-state index contributed by atoms with van der Waals surface area (Å²) in [5.74, 6) is 1.66. The highest BCUT2D eigenvalue weighted by Gasteiger charge is 2.32. The largest absolute Gasteiger partial charge is 0.497 e. The molecule has 126 valence electrons. The van der Waals surface area contributed by atoms with E-state index in [2.05, 4.69) is 44.2 Å². The molecule has 3 nitrogen and oxygen atoms in total. The molecular formula is C20H23NO2S. The second-order valence-corrected chi connectivity index (χ2v) is 7.26. The van der Waals surface area contributed by atoms with Gasteiger partial charge in [-0.05, 0) is 54.7 Å². The molecule has 24 heavy (non-hydrogen) atoms. The number of methoxy groups -OCH3 is 1. The Hall–Kier alpha value is -1.94. The highest BCUT2D eigenvalue weighted by molar-refractivity contribution is 8.00. The standard InChI is InChI=1S/C20H23NO2S/c1-14-4-7-17(12-15(14)2)20-21(19(22)13-24-20)11-10-16-5-8-18(23-3)9-6-16/h4-9,12,20H,10-11,13H2,1-3H3. The topological polar surface area (TPSA) is 29.5 Å². The molecule has 1 aliphatic heterocycles. The molecule has 1 saturated heterocycles. The van der Waals surface area contributed by atoms with Crippen molar-refractivity contribution in [2.45, 2.75) is 25.6 Å². The number of aryl methyl sites for hydroxylation is 2. The lowest BCUT2D eigenvalue weighted by Gasteiger charge is -2.25. The van der Waals surface area contributed by atoms with Gasteiger partial charge in [-0.15, -0.1) is 11.8 Å². The number of benzene rings is 2. The smallest absolute Gasteiger partial charge is 0.233 e. The van der Waals surface area contributed by atoms with Crippen molar-refractivity contribution in [1.82, 2.24) is 4.90 Å². The zero-order valence-electron chi connectivity index (χ0n) is 14.4. The molecular weight excluding hydrogens is 318 g/mol. The van der Waals surface area contributed by atoms with Crippen molar-refractivity contribution < 1.29 is 9.53 Å². The summed E-state index contributed by atoms with van der Waals surface area (Å²) < 4.78 is 5.19. The Bertz CT molecular complexity index is 727. The fourth-order valence-corrected chi connectivity index (χ4v) is 4.14. The van der Waals surface area contributed by atoms with Gasteiger partial charge in [0.05, 0.1) is 12.9 Å². The van der Waals surface area contributed by atoms with Crippen molar-refractivity contribution in [3.63, 3.8) is 0 Å². The van der Waals surface area contributed by atoms with Crippen LogP contribution in [0.15, 0.2) is 42.5 Å². The van der Waals surface area contributed by atoms with Crippen LogP contribution < -0.4 is 4.74 Å². The monoisotopic (exact) mass is 341 g/mol. The minimum Gasteiger partial charge on any atom is -0.497 e. The van der Waals surface area contributed by atoms with Crippen LogP contribution >= 0.6 is 11.8 Å². The second-order valence-electron chi connectivity index (χ2n) is 6.19. The van der Waals surface area contributed by atoms with Gasteiger partial charge in [-0.1, -0.05) is 30.3 Å². The maximum absolute atomic E-state index is 12.3. The van der Waals surface area contributed by atoms with E-state index in [0.29, 0.717) is 5.75 Å². The first-order valence-electron chi connectivity index (χ1n) is 8.19. The van der Waals surface area contributed by atoms with Gasteiger partial charge >= 0.3 is 0 Å². The van der Waals surface area contributed by atoms with Gasteiger partial charge in [0.15, 0.2) is 0 Å². The third-order valence-corrected chi connectivity index (χ3v) is 5.84. The SMILES string of the molecule is COc1ccc(CCN2C(=O)CSC2c2ccc(C)c(C)c2)cc1. The summed E-state index contributed by atoms with van der Waals surface area (Å²) >= 11 is 1.72. The molecule has 2 aromatic carbocycles. The van der Waals surface area contributed by atoms with Crippen molar-refractivity contribution >= 4 is 17.7 Å². The van der Waals surface area contributed by atoms with Crippen LogP contribution in [0.25, 0.3) is 0 Å². The van der Waals surface area contributed by atoms with Crippen molar-refractivity contribution in [2.75, 3.05) is 19.4 Å². The molecule has 1 fully saturated rings. The minimum absolute atomic E-state index is 0.134. The first-order chi connectivity index (χ1) is 11.6. The minimum atomic E-state index is 0.134. The van der Waals surface area contributed by atoms with E-state index in [4.69, 9.17) is 4.74 Å². The van der Waals surface area contributed by atoms with Crippen LogP contribution in [0.1, 0.15) is 27.6 Å². The van der Waals surface area contributed by atoms with Crippen LogP contribution in [0.4, 0.5) is 0 Å². The molecule has 2 aromatic rings.